The summed E-state index contributed by atoms with van der Waals surface area (Å²) in [5.74, 6) is 0.320. The summed E-state index contributed by atoms with van der Waals surface area (Å²) in [6, 6.07) is 4.52. The van der Waals surface area contributed by atoms with Gasteiger partial charge in [-0.2, -0.15) is 0 Å². The monoisotopic (exact) mass is 292 g/mol. The zero-order valence-corrected chi connectivity index (χ0v) is 11.4. The van der Waals surface area contributed by atoms with Crippen molar-refractivity contribution in [1.29, 1.82) is 0 Å². The van der Waals surface area contributed by atoms with Gasteiger partial charge in [0.25, 0.3) is 0 Å². The van der Waals surface area contributed by atoms with Gasteiger partial charge in [-0.05, 0) is 30.7 Å². The fraction of sp³-hybridized carbons (Fsp3) is 0.300. The van der Waals surface area contributed by atoms with Gasteiger partial charge in [0, 0.05) is 7.05 Å². The first-order chi connectivity index (χ1) is 8.38. The Morgan fingerprint density at radius 2 is 2.11 bits per heavy atom. The number of alkyl halides is 1. The minimum absolute atomic E-state index is 0.320. The number of hydrogen-bond acceptors (Lipinski definition) is 4. The van der Waals surface area contributed by atoms with Crippen molar-refractivity contribution in [1.82, 2.24) is 5.32 Å². The molecule has 2 N–H and O–H groups in total. The van der Waals surface area contributed by atoms with Crippen LogP contribution in [0.5, 0.6) is 5.75 Å². The normalized spacial score (nSPS) is 10.8. The molecule has 100 valence electrons. The highest BCUT2D eigenvalue weighted by Crippen LogP contribution is 2.22. The van der Waals surface area contributed by atoms with Gasteiger partial charge in [-0.3, -0.25) is 4.72 Å². The lowest BCUT2D eigenvalue weighted by atomic mass is 10.2. The SMILES string of the molecule is CNC(=O)Oc1ccc(NS(=O)(=O)CCl)c(C)c1. The van der Waals surface area contributed by atoms with E-state index in [0.29, 0.717) is 17.0 Å². The van der Waals surface area contributed by atoms with Crippen molar-refractivity contribution in [3.8, 4) is 5.75 Å². The summed E-state index contributed by atoms with van der Waals surface area (Å²) in [5, 5.41) is 1.78. The van der Waals surface area contributed by atoms with Gasteiger partial charge in [-0.1, -0.05) is 0 Å². The van der Waals surface area contributed by atoms with E-state index in [1.54, 1.807) is 13.0 Å². The maximum Gasteiger partial charge on any atom is 0.412 e. The Hall–Kier alpha value is -1.47. The summed E-state index contributed by atoms with van der Waals surface area (Å²) in [4.78, 5) is 11.0. The van der Waals surface area contributed by atoms with Crippen LogP contribution in [0.4, 0.5) is 10.5 Å². The predicted octanol–water partition coefficient (Wildman–Crippen LogP) is 1.65. The lowest BCUT2D eigenvalue weighted by Crippen LogP contribution is -2.22. The van der Waals surface area contributed by atoms with E-state index >= 15 is 0 Å². The van der Waals surface area contributed by atoms with Gasteiger partial charge in [0.05, 0.1) is 5.69 Å². The molecular weight excluding hydrogens is 280 g/mol. The van der Waals surface area contributed by atoms with Crippen molar-refractivity contribution in [2.75, 3.05) is 17.0 Å². The summed E-state index contributed by atoms with van der Waals surface area (Å²) in [6.45, 7) is 1.68. The van der Waals surface area contributed by atoms with E-state index < -0.39 is 21.3 Å². The summed E-state index contributed by atoms with van der Waals surface area (Å²) < 4.78 is 29.8. The highest BCUT2D eigenvalue weighted by atomic mass is 35.5. The zero-order chi connectivity index (χ0) is 13.8. The maximum atomic E-state index is 11.3. The molecular formula is C10H13ClN2O4S. The molecule has 1 amide bonds. The molecule has 0 aromatic heterocycles. The lowest BCUT2D eigenvalue weighted by Gasteiger charge is -2.10. The van der Waals surface area contributed by atoms with Crippen molar-refractivity contribution in [2.24, 2.45) is 0 Å². The molecule has 0 unspecified atom stereocenters. The smallest absolute Gasteiger partial charge is 0.410 e. The van der Waals surface area contributed by atoms with Gasteiger partial charge < -0.3 is 10.1 Å². The molecule has 0 atom stereocenters. The van der Waals surface area contributed by atoms with E-state index in [1.165, 1.54) is 19.2 Å². The highest BCUT2D eigenvalue weighted by Gasteiger charge is 2.11. The molecule has 0 aliphatic carbocycles. The number of ether oxygens (including phenoxy) is 1. The van der Waals surface area contributed by atoms with Gasteiger partial charge in [0.1, 0.15) is 11.0 Å². The van der Waals surface area contributed by atoms with Crippen LogP contribution in [0.2, 0.25) is 0 Å². The van der Waals surface area contributed by atoms with E-state index in [1.807, 2.05) is 0 Å². The number of sulfonamides is 1. The lowest BCUT2D eigenvalue weighted by molar-refractivity contribution is 0.203. The Labute approximate surface area is 110 Å². The number of rotatable bonds is 4. The summed E-state index contributed by atoms with van der Waals surface area (Å²) in [5.41, 5.74) is 1.00. The Kier molecular flexibility index (Phi) is 4.80. The van der Waals surface area contributed by atoms with Crippen LogP contribution in [0, 0.1) is 6.92 Å². The number of hydrogen-bond donors (Lipinski definition) is 2. The molecule has 0 aliphatic rings. The van der Waals surface area contributed by atoms with Crippen molar-refractivity contribution in [3.05, 3.63) is 23.8 Å². The van der Waals surface area contributed by atoms with Crippen molar-refractivity contribution in [2.45, 2.75) is 6.92 Å². The fourth-order valence-electron chi connectivity index (χ4n) is 1.17. The van der Waals surface area contributed by atoms with Crippen LogP contribution in [0.15, 0.2) is 18.2 Å². The summed E-state index contributed by atoms with van der Waals surface area (Å²) in [7, 11) is -2.10. The third-order valence-electron chi connectivity index (χ3n) is 2.02. The van der Waals surface area contributed by atoms with Gasteiger partial charge in [-0.25, -0.2) is 13.2 Å². The van der Waals surface area contributed by atoms with Gasteiger partial charge in [0.2, 0.25) is 10.0 Å². The standard InChI is InChI=1S/C10H13ClN2O4S/c1-7-5-8(17-10(14)12-2)3-4-9(7)13-18(15,16)6-11/h3-5,13H,6H2,1-2H3,(H,12,14). The molecule has 0 radical (unpaired) electrons. The second-order valence-electron chi connectivity index (χ2n) is 3.44. The van der Waals surface area contributed by atoms with E-state index in [-0.39, 0.29) is 0 Å². The first kappa shape index (κ1) is 14.6. The van der Waals surface area contributed by atoms with E-state index in [2.05, 4.69) is 10.0 Å². The molecule has 0 spiro atoms. The molecule has 0 saturated heterocycles. The second-order valence-corrected chi connectivity index (χ2v) is 5.75. The maximum absolute atomic E-state index is 11.3. The molecule has 8 heteroatoms. The molecule has 1 aromatic carbocycles. The Bertz CT molecular complexity index is 545. The van der Waals surface area contributed by atoms with Crippen LogP contribution in [-0.2, 0) is 10.0 Å². The molecule has 0 aliphatic heterocycles. The first-order valence-electron chi connectivity index (χ1n) is 4.94. The average molecular weight is 293 g/mol. The van der Waals surface area contributed by atoms with Crippen LogP contribution in [0.1, 0.15) is 5.56 Å². The van der Waals surface area contributed by atoms with E-state index in [4.69, 9.17) is 16.3 Å². The van der Waals surface area contributed by atoms with Gasteiger partial charge >= 0.3 is 6.09 Å². The largest absolute Gasteiger partial charge is 0.412 e. The van der Waals surface area contributed by atoms with Crippen LogP contribution in [0.25, 0.3) is 0 Å². The van der Waals surface area contributed by atoms with Gasteiger partial charge in [0.15, 0.2) is 0 Å². The molecule has 18 heavy (non-hydrogen) atoms. The number of anilines is 1. The summed E-state index contributed by atoms with van der Waals surface area (Å²) in [6.07, 6.45) is -0.594. The average Bonchev–Trinajstić information content (AvgIpc) is 2.32. The quantitative estimate of drug-likeness (QED) is 0.827. The predicted molar refractivity (Wildman–Crippen MR) is 69.5 cm³/mol. The van der Waals surface area contributed by atoms with Crippen molar-refractivity contribution < 1.29 is 17.9 Å². The molecule has 0 bridgehead atoms. The minimum Gasteiger partial charge on any atom is -0.410 e. The number of benzene rings is 1. The van der Waals surface area contributed by atoms with E-state index in [0.717, 1.165) is 0 Å². The topological polar surface area (TPSA) is 84.5 Å². The van der Waals surface area contributed by atoms with Crippen molar-refractivity contribution in [3.63, 3.8) is 0 Å². The zero-order valence-electron chi connectivity index (χ0n) is 9.86. The number of amides is 1. The number of carbonyl (C=O) groups is 1. The molecule has 6 nitrogen and oxygen atoms in total. The molecule has 0 fully saturated rings. The molecule has 1 aromatic rings. The number of aryl methyl sites for hydroxylation is 1. The minimum atomic E-state index is -3.54. The Morgan fingerprint density at radius 3 is 2.61 bits per heavy atom. The van der Waals surface area contributed by atoms with Crippen LogP contribution in [0.3, 0.4) is 0 Å². The second kappa shape index (κ2) is 5.92. The molecule has 1 rings (SSSR count). The van der Waals surface area contributed by atoms with Crippen LogP contribution >= 0.6 is 11.6 Å². The molecule has 0 heterocycles. The molecule has 0 saturated carbocycles. The van der Waals surface area contributed by atoms with Crippen LogP contribution < -0.4 is 14.8 Å². The fourth-order valence-corrected chi connectivity index (χ4v) is 1.95. The number of nitrogens with one attached hydrogen (secondary N) is 2. The Morgan fingerprint density at radius 1 is 1.44 bits per heavy atom. The van der Waals surface area contributed by atoms with Gasteiger partial charge in [-0.15, -0.1) is 11.6 Å². The highest BCUT2D eigenvalue weighted by molar-refractivity contribution is 7.93. The van der Waals surface area contributed by atoms with Crippen molar-refractivity contribution >= 4 is 33.4 Å². The van der Waals surface area contributed by atoms with E-state index in [9.17, 15) is 13.2 Å². The first-order valence-corrected chi connectivity index (χ1v) is 7.13. The number of carbonyl (C=O) groups excluding carboxylic acids is 1. The third-order valence-corrected chi connectivity index (χ3v) is 3.70. The summed E-state index contributed by atoms with van der Waals surface area (Å²) >= 11 is 5.29. The number of halogens is 1. The Balaban J connectivity index is 2.90. The van der Waals surface area contributed by atoms with Crippen LogP contribution in [-0.4, -0.2) is 26.8 Å². The third kappa shape index (κ3) is 4.08.